The van der Waals surface area contributed by atoms with Crippen molar-refractivity contribution in [2.75, 3.05) is 41.7 Å². The van der Waals surface area contributed by atoms with E-state index in [-0.39, 0.29) is 17.9 Å². The third-order valence-electron chi connectivity index (χ3n) is 6.49. The fourth-order valence-corrected chi connectivity index (χ4v) is 4.31. The molecule has 1 aliphatic heterocycles. The molecule has 0 radical (unpaired) electrons. The van der Waals surface area contributed by atoms with Crippen LogP contribution in [0.1, 0.15) is 31.1 Å². The average molecular weight is 469 g/mol. The first kappa shape index (κ1) is 25.5. The molecule has 0 aromatic heterocycles. The summed E-state index contributed by atoms with van der Waals surface area (Å²) in [6.45, 7) is 9.19. The molecule has 0 amide bonds. The van der Waals surface area contributed by atoms with Crippen molar-refractivity contribution in [1.82, 2.24) is 0 Å². The Kier molecular flexibility index (Phi) is 8.88. The minimum atomic E-state index is -0.135. The van der Waals surface area contributed by atoms with Gasteiger partial charge in [0, 0.05) is 5.92 Å². The van der Waals surface area contributed by atoms with Crippen LogP contribution in [0.25, 0.3) is 0 Å². The van der Waals surface area contributed by atoms with Gasteiger partial charge in [0.1, 0.15) is 5.76 Å². The Bertz CT molecular complexity index is 1010. The highest BCUT2D eigenvalue weighted by molar-refractivity contribution is 5.44. The fraction of sp³-hybridized carbons (Fsp3) is 0.429. The standard InChI is InChI=1S/C28H36O6/c1-8-18(2)19(3)33-17-23-22(13-20-9-11-24(29-4)26(14-20)31-6)16-34-28(23)21-10-12-25(30-5)27(15-21)32-7/h8-12,14-15,22-23,28H,3,13,16-17H2,1-2,4-7H3/b18-8-/t22-,23-,28+/m0/s1. The third kappa shape index (κ3) is 5.68. The van der Waals surface area contributed by atoms with E-state index in [0.717, 1.165) is 34.6 Å². The Morgan fingerprint density at radius 3 is 2.18 bits per heavy atom. The van der Waals surface area contributed by atoms with E-state index in [0.29, 0.717) is 30.5 Å². The molecule has 1 saturated heterocycles. The summed E-state index contributed by atoms with van der Waals surface area (Å²) >= 11 is 0. The molecule has 1 fully saturated rings. The van der Waals surface area contributed by atoms with Gasteiger partial charge < -0.3 is 28.4 Å². The predicted octanol–water partition coefficient (Wildman–Crippen LogP) is 5.76. The van der Waals surface area contributed by atoms with Gasteiger partial charge in [-0.25, -0.2) is 0 Å². The van der Waals surface area contributed by atoms with Crippen LogP contribution in [-0.2, 0) is 15.9 Å². The molecule has 0 bridgehead atoms. The first-order valence-electron chi connectivity index (χ1n) is 11.4. The van der Waals surface area contributed by atoms with E-state index in [1.165, 1.54) is 0 Å². The van der Waals surface area contributed by atoms with Gasteiger partial charge in [-0.15, -0.1) is 0 Å². The van der Waals surface area contributed by atoms with Crippen molar-refractivity contribution in [3.05, 3.63) is 71.5 Å². The van der Waals surface area contributed by atoms with E-state index in [1.807, 2.05) is 50.3 Å². The molecule has 0 saturated carbocycles. The number of benzene rings is 2. The highest BCUT2D eigenvalue weighted by Crippen LogP contribution is 2.43. The minimum absolute atomic E-state index is 0.118. The summed E-state index contributed by atoms with van der Waals surface area (Å²) in [7, 11) is 6.57. The molecule has 6 nitrogen and oxygen atoms in total. The molecular formula is C28H36O6. The summed E-state index contributed by atoms with van der Waals surface area (Å²) < 4.78 is 34.3. The maximum absolute atomic E-state index is 6.35. The number of methoxy groups -OCH3 is 4. The maximum atomic E-state index is 6.35. The second kappa shape index (κ2) is 11.8. The minimum Gasteiger partial charge on any atom is -0.494 e. The molecule has 1 heterocycles. The van der Waals surface area contributed by atoms with Gasteiger partial charge in [0.2, 0.25) is 0 Å². The third-order valence-corrected chi connectivity index (χ3v) is 6.49. The molecule has 0 unspecified atom stereocenters. The first-order valence-corrected chi connectivity index (χ1v) is 11.4. The van der Waals surface area contributed by atoms with Crippen molar-refractivity contribution in [3.63, 3.8) is 0 Å². The van der Waals surface area contributed by atoms with Gasteiger partial charge in [-0.1, -0.05) is 24.8 Å². The smallest absolute Gasteiger partial charge is 0.161 e. The lowest BCUT2D eigenvalue weighted by Crippen LogP contribution is -2.23. The number of hydrogen-bond acceptors (Lipinski definition) is 6. The molecule has 6 heteroatoms. The monoisotopic (exact) mass is 468 g/mol. The number of allylic oxidation sites excluding steroid dienone is 2. The summed E-state index contributed by atoms with van der Waals surface area (Å²) in [5, 5.41) is 0. The molecule has 0 spiro atoms. The highest BCUT2D eigenvalue weighted by Gasteiger charge is 2.39. The van der Waals surface area contributed by atoms with Crippen LogP contribution in [0.4, 0.5) is 0 Å². The molecule has 0 aliphatic carbocycles. The van der Waals surface area contributed by atoms with Gasteiger partial charge in [0.15, 0.2) is 23.0 Å². The van der Waals surface area contributed by atoms with E-state index in [1.54, 1.807) is 28.4 Å². The average Bonchev–Trinajstić information content (AvgIpc) is 3.27. The molecule has 2 aromatic carbocycles. The van der Waals surface area contributed by atoms with E-state index in [4.69, 9.17) is 28.4 Å². The molecule has 3 atom stereocenters. The van der Waals surface area contributed by atoms with Gasteiger partial charge in [-0.05, 0) is 67.2 Å². The summed E-state index contributed by atoms with van der Waals surface area (Å²) in [4.78, 5) is 0. The van der Waals surface area contributed by atoms with Gasteiger partial charge in [0.25, 0.3) is 0 Å². The second-order valence-electron chi connectivity index (χ2n) is 8.39. The second-order valence-corrected chi connectivity index (χ2v) is 8.39. The molecular weight excluding hydrogens is 432 g/mol. The van der Waals surface area contributed by atoms with Gasteiger partial charge in [-0.3, -0.25) is 0 Å². The summed E-state index contributed by atoms with van der Waals surface area (Å²) in [6, 6.07) is 12.0. The van der Waals surface area contributed by atoms with Crippen LogP contribution in [-0.4, -0.2) is 41.7 Å². The zero-order chi connectivity index (χ0) is 24.7. The molecule has 2 aromatic rings. The Morgan fingerprint density at radius 1 is 0.941 bits per heavy atom. The van der Waals surface area contributed by atoms with Gasteiger partial charge in [0.05, 0.1) is 47.8 Å². The molecule has 1 aliphatic rings. The van der Waals surface area contributed by atoms with Crippen LogP contribution in [0.2, 0.25) is 0 Å². The summed E-state index contributed by atoms with van der Waals surface area (Å²) in [5.74, 6) is 3.86. The Labute approximate surface area is 203 Å². The van der Waals surface area contributed by atoms with E-state index in [9.17, 15) is 0 Å². The van der Waals surface area contributed by atoms with Gasteiger partial charge >= 0.3 is 0 Å². The topological polar surface area (TPSA) is 55.4 Å². The molecule has 34 heavy (non-hydrogen) atoms. The van der Waals surface area contributed by atoms with E-state index >= 15 is 0 Å². The van der Waals surface area contributed by atoms with Crippen LogP contribution < -0.4 is 18.9 Å². The Hall–Kier alpha value is -3.12. The van der Waals surface area contributed by atoms with Crippen molar-refractivity contribution < 1.29 is 28.4 Å². The Balaban J connectivity index is 1.87. The predicted molar refractivity (Wildman–Crippen MR) is 133 cm³/mol. The van der Waals surface area contributed by atoms with Crippen molar-refractivity contribution in [3.8, 4) is 23.0 Å². The molecule has 0 N–H and O–H groups in total. The van der Waals surface area contributed by atoms with Gasteiger partial charge in [-0.2, -0.15) is 0 Å². The largest absolute Gasteiger partial charge is 0.494 e. The molecule has 184 valence electrons. The van der Waals surface area contributed by atoms with Crippen LogP contribution in [0, 0.1) is 11.8 Å². The van der Waals surface area contributed by atoms with Crippen molar-refractivity contribution in [1.29, 1.82) is 0 Å². The van der Waals surface area contributed by atoms with Crippen molar-refractivity contribution in [2.24, 2.45) is 11.8 Å². The van der Waals surface area contributed by atoms with Crippen LogP contribution in [0.5, 0.6) is 23.0 Å². The maximum Gasteiger partial charge on any atom is 0.161 e. The van der Waals surface area contributed by atoms with E-state index in [2.05, 4.69) is 12.6 Å². The lowest BCUT2D eigenvalue weighted by atomic mass is 9.84. The van der Waals surface area contributed by atoms with E-state index < -0.39 is 0 Å². The van der Waals surface area contributed by atoms with Crippen LogP contribution in [0.3, 0.4) is 0 Å². The number of rotatable bonds is 11. The van der Waals surface area contributed by atoms with Crippen molar-refractivity contribution in [2.45, 2.75) is 26.4 Å². The number of hydrogen-bond donors (Lipinski definition) is 0. The first-order chi connectivity index (χ1) is 16.4. The Morgan fingerprint density at radius 2 is 1.56 bits per heavy atom. The molecule has 3 rings (SSSR count). The zero-order valence-electron chi connectivity index (χ0n) is 21.1. The normalized spacial score (nSPS) is 20.1. The number of ether oxygens (including phenoxy) is 6. The van der Waals surface area contributed by atoms with Crippen molar-refractivity contribution >= 4 is 0 Å². The summed E-state index contributed by atoms with van der Waals surface area (Å²) in [5.41, 5.74) is 3.22. The fourth-order valence-electron chi connectivity index (χ4n) is 4.31. The van der Waals surface area contributed by atoms with Crippen LogP contribution >= 0.6 is 0 Å². The quantitative estimate of drug-likeness (QED) is 0.309. The lowest BCUT2D eigenvalue weighted by molar-refractivity contribution is 0.0634. The van der Waals surface area contributed by atoms with Crippen LogP contribution in [0.15, 0.2) is 60.4 Å². The highest BCUT2D eigenvalue weighted by atomic mass is 16.5. The lowest BCUT2D eigenvalue weighted by Gasteiger charge is -2.25. The zero-order valence-corrected chi connectivity index (χ0v) is 21.1. The SMILES string of the molecule is C=C(OC[C@H]1[C@@H](Cc2ccc(OC)c(OC)c2)CO[C@@H]1c1ccc(OC)c(OC)c1)/C(C)=C\C. The summed E-state index contributed by atoms with van der Waals surface area (Å²) in [6.07, 6.45) is 2.69.